The maximum absolute atomic E-state index is 13.0. The first-order valence-electron chi connectivity index (χ1n) is 7.40. The van der Waals surface area contributed by atoms with Crippen LogP contribution in [0.3, 0.4) is 0 Å². The summed E-state index contributed by atoms with van der Waals surface area (Å²) in [6.45, 7) is 1.87. The monoisotopic (exact) mass is 321 g/mol. The molecule has 1 aromatic carbocycles. The number of carbonyl (C=O) groups is 1. The summed E-state index contributed by atoms with van der Waals surface area (Å²) in [5.41, 5.74) is -0.178. The van der Waals surface area contributed by atoms with Crippen LogP contribution in [0.25, 0.3) is 0 Å². The van der Waals surface area contributed by atoms with Gasteiger partial charge in [-0.3, -0.25) is 4.79 Å². The van der Waals surface area contributed by atoms with E-state index in [2.05, 4.69) is 0 Å². The molecule has 1 aliphatic carbocycles. The standard InChI is InChI=1S/C16H19NO4S/c1-12-4-6-13(7-5-12)22(20,21)17-15(19)9-8-14(18)16(17)10-2-3-11-16/h4-9,15,19H,2-3,10-11H2,1H3. The van der Waals surface area contributed by atoms with Gasteiger partial charge in [0.25, 0.3) is 0 Å². The van der Waals surface area contributed by atoms with Crippen molar-refractivity contribution in [1.82, 2.24) is 4.31 Å². The summed E-state index contributed by atoms with van der Waals surface area (Å²) in [6, 6.07) is 6.45. The van der Waals surface area contributed by atoms with E-state index in [1.165, 1.54) is 24.3 Å². The van der Waals surface area contributed by atoms with Crippen molar-refractivity contribution in [1.29, 1.82) is 0 Å². The van der Waals surface area contributed by atoms with Gasteiger partial charge in [-0.25, -0.2) is 8.42 Å². The zero-order chi connectivity index (χ0) is 16.0. The molecule has 1 spiro atoms. The normalized spacial score (nSPS) is 25.0. The van der Waals surface area contributed by atoms with Gasteiger partial charge in [-0.05, 0) is 44.1 Å². The molecule has 118 valence electrons. The van der Waals surface area contributed by atoms with Gasteiger partial charge in [0.05, 0.1) is 4.90 Å². The van der Waals surface area contributed by atoms with Crippen molar-refractivity contribution in [3.8, 4) is 0 Å². The van der Waals surface area contributed by atoms with E-state index in [-0.39, 0.29) is 10.7 Å². The number of benzene rings is 1. The minimum Gasteiger partial charge on any atom is -0.374 e. The SMILES string of the molecule is Cc1ccc(S(=O)(=O)N2C(O)C=CC(=O)C23CCCC3)cc1. The van der Waals surface area contributed by atoms with Crippen molar-refractivity contribution in [2.24, 2.45) is 0 Å². The Kier molecular flexibility index (Phi) is 3.71. The quantitative estimate of drug-likeness (QED) is 0.900. The maximum atomic E-state index is 13.0. The summed E-state index contributed by atoms with van der Waals surface area (Å²) in [4.78, 5) is 12.5. The van der Waals surface area contributed by atoms with Gasteiger partial charge in [-0.15, -0.1) is 0 Å². The van der Waals surface area contributed by atoms with Crippen LogP contribution in [-0.2, 0) is 14.8 Å². The van der Waals surface area contributed by atoms with E-state index >= 15 is 0 Å². The Bertz CT molecular complexity index is 715. The van der Waals surface area contributed by atoms with Gasteiger partial charge in [0.2, 0.25) is 10.0 Å². The number of aliphatic hydroxyl groups excluding tert-OH is 1. The van der Waals surface area contributed by atoms with E-state index in [0.717, 1.165) is 22.7 Å². The molecule has 1 unspecified atom stereocenters. The smallest absolute Gasteiger partial charge is 0.246 e. The molecule has 1 heterocycles. The first-order chi connectivity index (χ1) is 10.4. The molecular formula is C16H19NO4S. The molecule has 1 fully saturated rings. The number of rotatable bonds is 2. The van der Waals surface area contributed by atoms with Gasteiger partial charge in [0, 0.05) is 0 Å². The van der Waals surface area contributed by atoms with Gasteiger partial charge < -0.3 is 5.11 Å². The summed E-state index contributed by atoms with van der Waals surface area (Å²) in [6.07, 6.45) is 3.74. The molecule has 1 N–H and O–H groups in total. The van der Waals surface area contributed by atoms with Crippen LogP contribution in [0, 0.1) is 6.92 Å². The van der Waals surface area contributed by atoms with Crippen LogP contribution in [0.2, 0.25) is 0 Å². The summed E-state index contributed by atoms with van der Waals surface area (Å²) < 4.78 is 27.0. The van der Waals surface area contributed by atoms with Gasteiger partial charge >= 0.3 is 0 Å². The van der Waals surface area contributed by atoms with Crippen LogP contribution in [-0.4, -0.2) is 35.4 Å². The highest BCUT2D eigenvalue weighted by molar-refractivity contribution is 7.89. The fourth-order valence-electron chi connectivity index (χ4n) is 3.39. The summed E-state index contributed by atoms with van der Waals surface area (Å²) >= 11 is 0. The molecule has 0 amide bonds. The lowest BCUT2D eigenvalue weighted by Gasteiger charge is -2.42. The second-order valence-corrected chi connectivity index (χ2v) is 7.80. The number of sulfonamides is 1. The van der Waals surface area contributed by atoms with Crippen molar-refractivity contribution in [2.45, 2.75) is 49.3 Å². The predicted octanol–water partition coefficient (Wildman–Crippen LogP) is 1.76. The van der Waals surface area contributed by atoms with Crippen LogP contribution < -0.4 is 0 Å². The summed E-state index contributed by atoms with van der Waals surface area (Å²) in [5, 5.41) is 10.3. The first kappa shape index (κ1) is 15.4. The summed E-state index contributed by atoms with van der Waals surface area (Å²) in [7, 11) is -3.94. The number of aryl methyl sites for hydroxylation is 1. The van der Waals surface area contributed by atoms with Gasteiger partial charge in [0.1, 0.15) is 11.8 Å². The molecule has 6 heteroatoms. The Balaban J connectivity index is 2.12. The number of aliphatic hydroxyl groups is 1. The molecule has 5 nitrogen and oxygen atoms in total. The number of hydrogen-bond acceptors (Lipinski definition) is 4. The Morgan fingerprint density at radius 3 is 2.36 bits per heavy atom. The Hall–Kier alpha value is -1.50. The average Bonchev–Trinajstić information content (AvgIpc) is 2.94. The van der Waals surface area contributed by atoms with Gasteiger partial charge in [0.15, 0.2) is 5.78 Å². The first-order valence-corrected chi connectivity index (χ1v) is 8.84. The molecule has 0 bridgehead atoms. The van der Waals surface area contributed by atoms with Crippen molar-refractivity contribution in [3.05, 3.63) is 42.0 Å². The second-order valence-electron chi connectivity index (χ2n) is 5.99. The second kappa shape index (κ2) is 5.30. The van der Waals surface area contributed by atoms with Crippen LogP contribution in [0.4, 0.5) is 0 Å². The maximum Gasteiger partial charge on any atom is 0.246 e. The Morgan fingerprint density at radius 2 is 1.77 bits per heavy atom. The molecular weight excluding hydrogens is 302 g/mol. The third kappa shape index (κ3) is 2.22. The molecule has 1 atom stereocenters. The summed E-state index contributed by atoms with van der Waals surface area (Å²) in [5.74, 6) is -0.231. The molecule has 1 aliphatic heterocycles. The minimum atomic E-state index is -3.94. The van der Waals surface area contributed by atoms with Crippen LogP contribution >= 0.6 is 0 Å². The van der Waals surface area contributed by atoms with Crippen LogP contribution in [0.5, 0.6) is 0 Å². The van der Waals surface area contributed by atoms with E-state index in [0.29, 0.717) is 12.8 Å². The van der Waals surface area contributed by atoms with Crippen molar-refractivity contribution in [3.63, 3.8) is 0 Å². The topological polar surface area (TPSA) is 74.7 Å². The van der Waals surface area contributed by atoms with E-state index in [9.17, 15) is 18.3 Å². The number of carbonyl (C=O) groups excluding carboxylic acids is 1. The third-order valence-electron chi connectivity index (χ3n) is 4.55. The largest absolute Gasteiger partial charge is 0.374 e. The molecule has 1 saturated carbocycles. The molecule has 0 aromatic heterocycles. The highest BCUT2D eigenvalue weighted by atomic mass is 32.2. The van der Waals surface area contributed by atoms with Crippen LogP contribution in [0.15, 0.2) is 41.3 Å². The number of ketones is 1. The zero-order valence-electron chi connectivity index (χ0n) is 12.4. The third-order valence-corrected chi connectivity index (χ3v) is 6.50. The molecule has 22 heavy (non-hydrogen) atoms. The van der Waals surface area contributed by atoms with Crippen molar-refractivity contribution in [2.75, 3.05) is 0 Å². The zero-order valence-corrected chi connectivity index (χ0v) is 13.2. The molecule has 3 rings (SSSR count). The highest BCUT2D eigenvalue weighted by Crippen LogP contribution is 2.42. The lowest BCUT2D eigenvalue weighted by Crippen LogP contribution is -2.60. The van der Waals surface area contributed by atoms with E-state index in [1.807, 2.05) is 6.92 Å². The fraction of sp³-hybridized carbons (Fsp3) is 0.438. The fourth-order valence-corrected chi connectivity index (χ4v) is 5.19. The van der Waals surface area contributed by atoms with Crippen LogP contribution in [0.1, 0.15) is 31.2 Å². The molecule has 2 aliphatic rings. The highest BCUT2D eigenvalue weighted by Gasteiger charge is 2.54. The lowest BCUT2D eigenvalue weighted by atomic mass is 9.89. The van der Waals surface area contributed by atoms with Gasteiger partial charge in [-0.1, -0.05) is 30.5 Å². The van der Waals surface area contributed by atoms with E-state index < -0.39 is 21.8 Å². The van der Waals surface area contributed by atoms with E-state index in [4.69, 9.17) is 0 Å². The van der Waals surface area contributed by atoms with E-state index in [1.54, 1.807) is 12.1 Å². The number of hydrogen-bond donors (Lipinski definition) is 1. The molecule has 0 radical (unpaired) electrons. The number of nitrogens with zero attached hydrogens (tertiary/aromatic N) is 1. The predicted molar refractivity (Wildman–Crippen MR) is 81.6 cm³/mol. The minimum absolute atomic E-state index is 0.103. The Labute approximate surface area is 130 Å². The van der Waals surface area contributed by atoms with Gasteiger partial charge in [-0.2, -0.15) is 4.31 Å². The lowest BCUT2D eigenvalue weighted by molar-refractivity contribution is -0.128. The average molecular weight is 321 g/mol. The Morgan fingerprint density at radius 1 is 1.18 bits per heavy atom. The molecule has 0 saturated heterocycles. The van der Waals surface area contributed by atoms with Crippen molar-refractivity contribution < 1.29 is 18.3 Å². The molecule has 1 aromatic rings. The van der Waals surface area contributed by atoms with Crippen molar-refractivity contribution >= 4 is 15.8 Å².